The van der Waals surface area contributed by atoms with Gasteiger partial charge in [0, 0.05) is 41.3 Å². The maximum atomic E-state index is 13.2. The number of hydrogen-bond acceptors (Lipinski definition) is 6. The second-order valence-corrected chi connectivity index (χ2v) is 10.9. The van der Waals surface area contributed by atoms with Crippen molar-refractivity contribution in [2.75, 3.05) is 17.2 Å². The Hall–Kier alpha value is -3.33. The molecule has 3 aromatic rings. The van der Waals surface area contributed by atoms with E-state index in [1.54, 1.807) is 12.4 Å². The molecule has 3 aliphatic carbocycles. The first-order chi connectivity index (χ1) is 17.0. The number of fused-ring (bicyclic) bond motifs is 2. The Morgan fingerprint density at radius 2 is 1.69 bits per heavy atom. The van der Waals surface area contributed by atoms with Gasteiger partial charge in [0.2, 0.25) is 11.8 Å². The minimum Gasteiger partial charge on any atom is -0.352 e. The maximum Gasteiger partial charge on any atom is 0.254 e. The molecule has 3 aliphatic rings. The normalized spacial score (nSPS) is 19.1. The fraction of sp³-hybridized carbons (Fsp3) is 0.423. The minimum atomic E-state index is -0.253. The molecule has 1 unspecified atom stereocenters. The van der Waals surface area contributed by atoms with E-state index in [4.69, 9.17) is 0 Å². The van der Waals surface area contributed by atoms with Crippen molar-refractivity contribution < 1.29 is 14.4 Å². The maximum absolute atomic E-state index is 13.2. The first-order valence-electron chi connectivity index (χ1n) is 12.3. The van der Waals surface area contributed by atoms with Crippen molar-refractivity contribution in [3.05, 3.63) is 46.6 Å². The molecule has 0 saturated heterocycles. The number of aromatic nitrogens is 2. The molecule has 1 aromatic carbocycles. The molecule has 2 aromatic heterocycles. The number of anilines is 2. The van der Waals surface area contributed by atoms with Gasteiger partial charge in [-0.05, 0) is 74.6 Å². The number of aryl methyl sites for hydroxylation is 1. The zero-order valence-electron chi connectivity index (χ0n) is 19.3. The van der Waals surface area contributed by atoms with E-state index in [0.717, 1.165) is 47.2 Å². The van der Waals surface area contributed by atoms with E-state index in [2.05, 4.69) is 25.9 Å². The first kappa shape index (κ1) is 22.2. The summed E-state index contributed by atoms with van der Waals surface area (Å²) in [7, 11) is 0. The molecule has 0 bridgehead atoms. The summed E-state index contributed by atoms with van der Waals surface area (Å²) < 4.78 is 0. The molecular formula is C26H27N5O3S. The van der Waals surface area contributed by atoms with Crippen LogP contribution in [-0.4, -0.2) is 34.2 Å². The molecule has 3 amide bonds. The molecule has 0 spiro atoms. The Morgan fingerprint density at radius 1 is 0.914 bits per heavy atom. The third kappa shape index (κ3) is 4.77. The Labute approximate surface area is 206 Å². The lowest BCUT2D eigenvalue weighted by Gasteiger charge is -2.22. The fourth-order valence-corrected chi connectivity index (χ4v) is 5.87. The van der Waals surface area contributed by atoms with E-state index in [9.17, 15) is 14.4 Å². The number of thiophene rings is 1. The first-order valence-corrected chi connectivity index (χ1v) is 13.1. The van der Waals surface area contributed by atoms with E-state index < -0.39 is 0 Å². The summed E-state index contributed by atoms with van der Waals surface area (Å²) in [5.74, 6) is 0.141. The zero-order chi connectivity index (χ0) is 23.9. The van der Waals surface area contributed by atoms with Crippen molar-refractivity contribution in [1.82, 2.24) is 15.3 Å². The Balaban J connectivity index is 1.22. The molecule has 35 heavy (non-hydrogen) atoms. The Morgan fingerprint density at radius 3 is 2.46 bits per heavy atom. The molecule has 1 atom stereocenters. The van der Waals surface area contributed by atoms with Crippen LogP contribution in [0.4, 0.5) is 10.7 Å². The average Bonchev–Trinajstić information content (AvgIpc) is 3.79. The van der Waals surface area contributed by atoms with E-state index in [0.29, 0.717) is 48.0 Å². The number of hydrogen-bond donors (Lipinski definition) is 3. The number of amides is 3. The van der Waals surface area contributed by atoms with Crippen LogP contribution in [0.2, 0.25) is 0 Å². The summed E-state index contributed by atoms with van der Waals surface area (Å²) in [4.78, 5) is 48.6. The van der Waals surface area contributed by atoms with Crippen LogP contribution in [0, 0.1) is 17.8 Å². The third-order valence-electron chi connectivity index (χ3n) is 7.03. The van der Waals surface area contributed by atoms with Crippen LogP contribution in [0.25, 0.3) is 11.0 Å². The van der Waals surface area contributed by atoms with E-state index in [1.165, 1.54) is 11.3 Å². The van der Waals surface area contributed by atoms with Gasteiger partial charge in [-0.3, -0.25) is 24.4 Å². The lowest BCUT2D eigenvalue weighted by atomic mass is 9.85. The standard InChI is InChI=1S/C26H27N5O3S/c32-23(15-3-4-15)31-26-22(25(34)29-13-14-1-2-14)18-11-16(5-8-21(18)35-26)24(33)30-17-6-7-19-20(12-17)28-10-9-27-19/h6-7,9-10,12,14-16H,1-5,8,11,13H2,(H,29,34)(H,30,33)(H,31,32). The molecule has 3 N–H and O–H groups in total. The van der Waals surface area contributed by atoms with Crippen molar-refractivity contribution in [3.63, 3.8) is 0 Å². The number of nitrogens with one attached hydrogen (secondary N) is 3. The van der Waals surface area contributed by atoms with Gasteiger partial charge in [0.25, 0.3) is 5.91 Å². The van der Waals surface area contributed by atoms with Gasteiger partial charge in [-0.2, -0.15) is 0 Å². The highest BCUT2D eigenvalue weighted by Gasteiger charge is 2.35. The van der Waals surface area contributed by atoms with Crippen molar-refractivity contribution in [2.45, 2.75) is 44.9 Å². The van der Waals surface area contributed by atoms with E-state index in [-0.39, 0.29) is 29.6 Å². The molecule has 0 radical (unpaired) electrons. The van der Waals surface area contributed by atoms with Gasteiger partial charge in [0.05, 0.1) is 16.6 Å². The third-order valence-corrected chi connectivity index (χ3v) is 8.24. The van der Waals surface area contributed by atoms with Gasteiger partial charge >= 0.3 is 0 Å². The summed E-state index contributed by atoms with van der Waals surface area (Å²) in [5, 5.41) is 9.73. The van der Waals surface area contributed by atoms with Crippen molar-refractivity contribution in [2.24, 2.45) is 17.8 Å². The number of carbonyl (C=O) groups excluding carboxylic acids is 3. The van der Waals surface area contributed by atoms with Gasteiger partial charge in [0.15, 0.2) is 0 Å². The average molecular weight is 490 g/mol. The molecule has 8 nitrogen and oxygen atoms in total. The van der Waals surface area contributed by atoms with Crippen molar-refractivity contribution in [3.8, 4) is 0 Å². The summed E-state index contributed by atoms with van der Waals surface area (Å²) >= 11 is 1.49. The highest BCUT2D eigenvalue weighted by atomic mass is 32.1. The number of nitrogens with zero attached hydrogens (tertiary/aromatic N) is 2. The molecule has 9 heteroatoms. The molecule has 2 heterocycles. The Bertz CT molecular complexity index is 1330. The summed E-state index contributed by atoms with van der Waals surface area (Å²) in [6, 6.07) is 5.49. The second kappa shape index (κ2) is 9.03. The molecule has 6 rings (SSSR count). The van der Waals surface area contributed by atoms with Crippen LogP contribution in [0.5, 0.6) is 0 Å². The van der Waals surface area contributed by atoms with Gasteiger partial charge in [0.1, 0.15) is 5.00 Å². The quantitative estimate of drug-likeness (QED) is 0.466. The monoisotopic (exact) mass is 489 g/mol. The summed E-state index contributed by atoms with van der Waals surface area (Å²) in [6.07, 6.45) is 9.27. The molecule has 180 valence electrons. The lowest BCUT2D eigenvalue weighted by Crippen LogP contribution is -2.31. The van der Waals surface area contributed by atoms with Crippen LogP contribution < -0.4 is 16.0 Å². The number of rotatable bonds is 7. The Kier molecular flexibility index (Phi) is 5.72. The van der Waals surface area contributed by atoms with Crippen molar-refractivity contribution >= 4 is 50.8 Å². The number of benzene rings is 1. The largest absolute Gasteiger partial charge is 0.352 e. The molecule has 2 saturated carbocycles. The van der Waals surface area contributed by atoms with E-state index >= 15 is 0 Å². The fourth-order valence-electron chi connectivity index (χ4n) is 4.63. The zero-order valence-corrected chi connectivity index (χ0v) is 20.1. The van der Waals surface area contributed by atoms with Crippen LogP contribution in [0.1, 0.15) is 52.9 Å². The SMILES string of the molecule is O=C(NCC1CC1)c1c(NC(=O)C2CC2)sc2c1CC(C(=O)Nc1ccc3nccnc3c1)CC2. The van der Waals surface area contributed by atoms with Gasteiger partial charge in [-0.25, -0.2) is 0 Å². The molecule has 2 fully saturated rings. The number of carbonyl (C=O) groups is 3. The van der Waals surface area contributed by atoms with Gasteiger partial charge < -0.3 is 16.0 Å². The van der Waals surface area contributed by atoms with Crippen LogP contribution in [0.15, 0.2) is 30.6 Å². The van der Waals surface area contributed by atoms with Crippen LogP contribution in [0.3, 0.4) is 0 Å². The molecular weight excluding hydrogens is 462 g/mol. The minimum absolute atomic E-state index is 0.00598. The molecule has 0 aliphatic heterocycles. The topological polar surface area (TPSA) is 113 Å². The lowest BCUT2D eigenvalue weighted by molar-refractivity contribution is -0.120. The summed E-state index contributed by atoms with van der Waals surface area (Å²) in [6.45, 7) is 0.661. The van der Waals surface area contributed by atoms with Crippen LogP contribution in [-0.2, 0) is 22.4 Å². The highest BCUT2D eigenvalue weighted by molar-refractivity contribution is 7.17. The highest BCUT2D eigenvalue weighted by Crippen LogP contribution is 2.41. The van der Waals surface area contributed by atoms with E-state index in [1.807, 2.05) is 18.2 Å². The van der Waals surface area contributed by atoms with Crippen molar-refractivity contribution in [1.29, 1.82) is 0 Å². The van der Waals surface area contributed by atoms with Gasteiger partial charge in [-0.1, -0.05) is 0 Å². The van der Waals surface area contributed by atoms with Gasteiger partial charge in [-0.15, -0.1) is 11.3 Å². The van der Waals surface area contributed by atoms with Crippen LogP contribution >= 0.6 is 11.3 Å². The second-order valence-electron chi connectivity index (χ2n) is 9.81. The smallest absolute Gasteiger partial charge is 0.254 e. The predicted molar refractivity (Wildman–Crippen MR) is 134 cm³/mol. The summed E-state index contributed by atoms with van der Waals surface area (Å²) in [5.41, 5.74) is 3.63. The predicted octanol–water partition coefficient (Wildman–Crippen LogP) is 3.92.